The van der Waals surface area contributed by atoms with Gasteiger partial charge in [0.05, 0.1) is 6.54 Å². The molecule has 0 aromatic carbocycles. The first-order chi connectivity index (χ1) is 8.31. The largest absolute Gasteiger partial charge is 0.354 e. The zero-order valence-corrected chi connectivity index (χ0v) is 11.3. The van der Waals surface area contributed by atoms with E-state index >= 15 is 0 Å². The quantitative estimate of drug-likeness (QED) is 0.636. The minimum atomic E-state index is 0.615. The average molecular weight is 252 g/mol. The molecule has 1 heterocycles. The highest BCUT2D eigenvalue weighted by molar-refractivity contribution is 7.11. The molecule has 1 fully saturated rings. The molecule has 0 amide bonds. The zero-order valence-electron chi connectivity index (χ0n) is 10.5. The van der Waals surface area contributed by atoms with E-state index in [1.54, 1.807) is 11.3 Å². The Morgan fingerprint density at radius 3 is 2.94 bits per heavy atom. The zero-order chi connectivity index (χ0) is 12.1. The maximum absolute atomic E-state index is 4.38. The number of rotatable bonds is 4. The van der Waals surface area contributed by atoms with Gasteiger partial charge in [0.2, 0.25) is 0 Å². The van der Waals surface area contributed by atoms with Crippen LogP contribution in [-0.2, 0) is 13.0 Å². The lowest BCUT2D eigenvalue weighted by atomic mass is 9.93. The highest BCUT2D eigenvalue weighted by atomic mass is 32.1. The second-order valence-corrected chi connectivity index (χ2v) is 5.47. The summed E-state index contributed by atoms with van der Waals surface area (Å²) in [6.07, 6.45) is 6.88. The van der Waals surface area contributed by atoms with Gasteiger partial charge in [-0.05, 0) is 25.7 Å². The van der Waals surface area contributed by atoms with Crippen molar-refractivity contribution in [2.24, 2.45) is 4.99 Å². The highest BCUT2D eigenvalue weighted by Crippen LogP contribution is 2.17. The molecule has 0 spiro atoms. The van der Waals surface area contributed by atoms with Crippen LogP contribution in [0.15, 0.2) is 11.2 Å². The fourth-order valence-corrected chi connectivity index (χ4v) is 2.50. The number of aryl methyl sites for hydroxylation is 1. The molecule has 4 nitrogen and oxygen atoms in total. The molecule has 1 aliphatic carbocycles. The maximum atomic E-state index is 4.38. The van der Waals surface area contributed by atoms with Crippen LogP contribution in [0.2, 0.25) is 0 Å². The Morgan fingerprint density at radius 2 is 2.41 bits per heavy atom. The number of hydrogen-bond donors (Lipinski definition) is 2. The molecule has 1 saturated carbocycles. The summed E-state index contributed by atoms with van der Waals surface area (Å²) in [6.45, 7) is 2.92. The van der Waals surface area contributed by atoms with E-state index in [0.717, 1.165) is 23.9 Å². The third-order valence-electron chi connectivity index (χ3n) is 3.03. The molecule has 0 atom stereocenters. The minimum Gasteiger partial charge on any atom is -0.354 e. The summed E-state index contributed by atoms with van der Waals surface area (Å²) in [4.78, 5) is 9.94. The molecular weight excluding hydrogens is 232 g/mol. The predicted octanol–water partition coefficient (Wildman–Crippen LogP) is 1.92. The second kappa shape index (κ2) is 6.00. The van der Waals surface area contributed by atoms with Crippen molar-refractivity contribution in [1.82, 2.24) is 15.6 Å². The fourth-order valence-electron chi connectivity index (χ4n) is 1.69. The molecule has 0 bridgehead atoms. The van der Waals surface area contributed by atoms with Crippen molar-refractivity contribution in [2.75, 3.05) is 7.05 Å². The van der Waals surface area contributed by atoms with E-state index in [4.69, 9.17) is 0 Å². The minimum absolute atomic E-state index is 0.615. The van der Waals surface area contributed by atoms with Crippen molar-refractivity contribution in [3.63, 3.8) is 0 Å². The van der Waals surface area contributed by atoms with Gasteiger partial charge < -0.3 is 10.6 Å². The molecule has 0 radical (unpaired) electrons. The first-order valence-corrected chi connectivity index (χ1v) is 7.04. The first-order valence-electron chi connectivity index (χ1n) is 6.22. The van der Waals surface area contributed by atoms with Crippen LogP contribution >= 0.6 is 11.3 Å². The lowest BCUT2D eigenvalue weighted by molar-refractivity contribution is 0.380. The Morgan fingerprint density at radius 1 is 1.59 bits per heavy atom. The van der Waals surface area contributed by atoms with Crippen LogP contribution in [0.25, 0.3) is 0 Å². The topological polar surface area (TPSA) is 49.3 Å². The van der Waals surface area contributed by atoms with Gasteiger partial charge in [-0.3, -0.25) is 4.99 Å². The van der Waals surface area contributed by atoms with Gasteiger partial charge >= 0.3 is 0 Å². The molecular formula is C12H20N4S. The molecule has 5 heteroatoms. The van der Waals surface area contributed by atoms with E-state index in [2.05, 4.69) is 27.5 Å². The van der Waals surface area contributed by atoms with Gasteiger partial charge in [-0.15, -0.1) is 11.3 Å². The molecule has 0 saturated heterocycles. The van der Waals surface area contributed by atoms with Crippen LogP contribution in [0.3, 0.4) is 0 Å². The number of nitrogens with one attached hydrogen (secondary N) is 2. The van der Waals surface area contributed by atoms with Crippen LogP contribution in [-0.4, -0.2) is 24.0 Å². The number of nitrogens with zero attached hydrogens (tertiary/aromatic N) is 2. The lowest BCUT2D eigenvalue weighted by Gasteiger charge is -2.28. The summed E-state index contributed by atoms with van der Waals surface area (Å²) in [5.41, 5.74) is 0. The van der Waals surface area contributed by atoms with Crippen LogP contribution in [0.5, 0.6) is 0 Å². The van der Waals surface area contributed by atoms with Gasteiger partial charge in [-0.1, -0.05) is 6.92 Å². The van der Waals surface area contributed by atoms with Gasteiger partial charge in [-0.25, -0.2) is 4.98 Å². The van der Waals surface area contributed by atoms with E-state index < -0.39 is 0 Å². The highest BCUT2D eigenvalue weighted by Gasteiger charge is 2.18. The van der Waals surface area contributed by atoms with Crippen LogP contribution in [0.1, 0.15) is 36.1 Å². The Kier molecular flexibility index (Phi) is 4.36. The molecule has 2 N–H and O–H groups in total. The van der Waals surface area contributed by atoms with E-state index in [0.29, 0.717) is 6.04 Å². The summed E-state index contributed by atoms with van der Waals surface area (Å²) in [7, 11) is 1.81. The van der Waals surface area contributed by atoms with Gasteiger partial charge in [0.15, 0.2) is 5.96 Å². The van der Waals surface area contributed by atoms with Gasteiger partial charge in [0.25, 0.3) is 0 Å². The van der Waals surface area contributed by atoms with Crippen molar-refractivity contribution in [3.8, 4) is 0 Å². The molecule has 17 heavy (non-hydrogen) atoms. The second-order valence-electron chi connectivity index (χ2n) is 4.27. The predicted molar refractivity (Wildman–Crippen MR) is 72.5 cm³/mol. The molecule has 94 valence electrons. The smallest absolute Gasteiger partial charge is 0.191 e. The van der Waals surface area contributed by atoms with Crippen molar-refractivity contribution in [1.29, 1.82) is 0 Å². The SMILES string of the molecule is CCc1cnc(CNC(=NC)NC2CCC2)s1. The molecule has 2 rings (SSSR count). The number of aliphatic imine (C=N–C) groups is 1. The summed E-state index contributed by atoms with van der Waals surface area (Å²) in [6, 6.07) is 0.615. The van der Waals surface area contributed by atoms with Gasteiger partial charge in [0, 0.05) is 24.2 Å². The number of aromatic nitrogens is 1. The number of guanidine groups is 1. The normalized spacial score (nSPS) is 16.7. The Hall–Kier alpha value is -1.10. The number of hydrogen-bond acceptors (Lipinski definition) is 3. The average Bonchev–Trinajstić information content (AvgIpc) is 2.75. The standard InChI is InChI=1S/C12H20N4S/c1-3-10-7-14-11(17-10)8-15-12(13-2)16-9-5-4-6-9/h7,9H,3-6,8H2,1-2H3,(H2,13,15,16). The summed E-state index contributed by atoms with van der Waals surface area (Å²) in [5, 5.41) is 7.84. The third-order valence-corrected chi connectivity index (χ3v) is 4.17. The van der Waals surface area contributed by atoms with Crippen molar-refractivity contribution >= 4 is 17.3 Å². The molecule has 1 aromatic heterocycles. The Bertz CT molecular complexity index is 382. The monoisotopic (exact) mass is 252 g/mol. The van der Waals surface area contributed by atoms with Gasteiger partial charge in [-0.2, -0.15) is 0 Å². The van der Waals surface area contributed by atoms with E-state index in [1.165, 1.54) is 24.1 Å². The Labute approximate surface area is 107 Å². The molecule has 1 aliphatic rings. The molecule has 1 aromatic rings. The van der Waals surface area contributed by atoms with E-state index in [-0.39, 0.29) is 0 Å². The number of thiazole rings is 1. The van der Waals surface area contributed by atoms with Crippen molar-refractivity contribution < 1.29 is 0 Å². The van der Waals surface area contributed by atoms with Crippen LogP contribution < -0.4 is 10.6 Å². The maximum Gasteiger partial charge on any atom is 0.191 e. The summed E-state index contributed by atoms with van der Waals surface area (Å²) in [5.74, 6) is 0.892. The third kappa shape index (κ3) is 3.43. The van der Waals surface area contributed by atoms with Crippen molar-refractivity contribution in [3.05, 3.63) is 16.1 Å². The van der Waals surface area contributed by atoms with Gasteiger partial charge in [0.1, 0.15) is 5.01 Å². The van der Waals surface area contributed by atoms with Crippen molar-refractivity contribution in [2.45, 2.75) is 45.2 Å². The van der Waals surface area contributed by atoms with E-state index in [9.17, 15) is 0 Å². The molecule has 0 aliphatic heterocycles. The van der Waals surface area contributed by atoms with Crippen LogP contribution in [0, 0.1) is 0 Å². The summed E-state index contributed by atoms with van der Waals surface area (Å²) < 4.78 is 0. The summed E-state index contributed by atoms with van der Waals surface area (Å²) >= 11 is 1.77. The molecule has 0 unspecified atom stereocenters. The lowest BCUT2D eigenvalue weighted by Crippen LogP contribution is -2.45. The first kappa shape index (κ1) is 12.4. The Balaban J connectivity index is 1.78. The van der Waals surface area contributed by atoms with E-state index in [1.807, 2.05) is 13.2 Å². The van der Waals surface area contributed by atoms with Crippen LogP contribution in [0.4, 0.5) is 0 Å². The fraction of sp³-hybridized carbons (Fsp3) is 0.667.